The van der Waals surface area contributed by atoms with Gasteiger partial charge >= 0.3 is 0 Å². The molecular weight excluding hydrogens is 315 g/mol. The fourth-order valence-electron chi connectivity index (χ4n) is 1.61. The van der Waals surface area contributed by atoms with E-state index in [-0.39, 0.29) is 6.61 Å². The molecule has 2 rings (SSSR count). The van der Waals surface area contributed by atoms with Crippen LogP contribution in [0.15, 0.2) is 22.9 Å². The van der Waals surface area contributed by atoms with Crippen molar-refractivity contribution in [3.05, 3.63) is 34.6 Å². The standard InChI is InChI=1S/C12H14BrFN4O/c1-2-3-18-12(16-7-17-18)6-19-11-5-9(14)8(13)4-10(11)15/h4-5,7H,2-3,6,15H2,1H3. The normalized spacial score (nSPS) is 10.7. The van der Waals surface area contributed by atoms with E-state index in [4.69, 9.17) is 10.5 Å². The van der Waals surface area contributed by atoms with Crippen molar-refractivity contribution in [1.29, 1.82) is 0 Å². The SMILES string of the molecule is CCCn1ncnc1COc1cc(F)c(Br)cc1N. The number of aryl methyl sites for hydroxylation is 1. The Bertz CT molecular complexity index is 573. The van der Waals surface area contributed by atoms with Crippen LogP contribution in [0.4, 0.5) is 10.1 Å². The third kappa shape index (κ3) is 3.23. The van der Waals surface area contributed by atoms with E-state index < -0.39 is 5.82 Å². The highest BCUT2D eigenvalue weighted by molar-refractivity contribution is 9.10. The van der Waals surface area contributed by atoms with Crippen LogP contribution >= 0.6 is 15.9 Å². The summed E-state index contributed by atoms with van der Waals surface area (Å²) >= 11 is 3.07. The lowest BCUT2D eigenvalue weighted by molar-refractivity contribution is 0.286. The highest BCUT2D eigenvalue weighted by Gasteiger charge is 2.09. The van der Waals surface area contributed by atoms with E-state index in [0.29, 0.717) is 21.7 Å². The molecule has 0 unspecified atom stereocenters. The number of nitrogen functional groups attached to an aromatic ring is 1. The molecule has 0 aliphatic heterocycles. The number of anilines is 1. The van der Waals surface area contributed by atoms with E-state index in [0.717, 1.165) is 13.0 Å². The number of halogens is 2. The molecule has 1 aromatic heterocycles. The number of nitrogens with two attached hydrogens (primary N) is 1. The Morgan fingerprint density at radius 1 is 1.47 bits per heavy atom. The summed E-state index contributed by atoms with van der Waals surface area (Å²) in [7, 11) is 0. The number of aromatic nitrogens is 3. The lowest BCUT2D eigenvalue weighted by Gasteiger charge is -2.10. The van der Waals surface area contributed by atoms with Crippen LogP contribution in [0.3, 0.4) is 0 Å². The minimum atomic E-state index is -0.417. The molecule has 0 saturated heterocycles. The smallest absolute Gasteiger partial charge is 0.164 e. The van der Waals surface area contributed by atoms with Crippen molar-refractivity contribution < 1.29 is 9.13 Å². The minimum Gasteiger partial charge on any atom is -0.483 e. The molecule has 1 heterocycles. The molecule has 0 saturated carbocycles. The van der Waals surface area contributed by atoms with Crippen molar-refractivity contribution in [2.45, 2.75) is 26.5 Å². The molecule has 0 atom stereocenters. The second-order valence-electron chi connectivity index (χ2n) is 3.99. The minimum absolute atomic E-state index is 0.200. The maximum Gasteiger partial charge on any atom is 0.164 e. The summed E-state index contributed by atoms with van der Waals surface area (Å²) in [5.74, 6) is 0.565. The first kappa shape index (κ1) is 13.8. The average Bonchev–Trinajstić information content (AvgIpc) is 2.80. The van der Waals surface area contributed by atoms with Crippen molar-refractivity contribution in [3.63, 3.8) is 0 Å². The van der Waals surface area contributed by atoms with Gasteiger partial charge in [-0.3, -0.25) is 0 Å². The zero-order valence-electron chi connectivity index (χ0n) is 10.4. The van der Waals surface area contributed by atoms with Crippen molar-refractivity contribution in [1.82, 2.24) is 14.8 Å². The van der Waals surface area contributed by atoms with Gasteiger partial charge in [0.05, 0.1) is 10.2 Å². The number of nitrogens with zero attached hydrogens (tertiary/aromatic N) is 3. The summed E-state index contributed by atoms with van der Waals surface area (Å²) in [6.45, 7) is 3.02. The topological polar surface area (TPSA) is 66.0 Å². The van der Waals surface area contributed by atoms with Crippen LogP contribution in [0, 0.1) is 5.82 Å². The first-order valence-electron chi connectivity index (χ1n) is 5.85. The quantitative estimate of drug-likeness (QED) is 0.857. The third-order valence-electron chi connectivity index (χ3n) is 2.54. The molecule has 0 spiro atoms. The molecule has 0 aliphatic rings. The van der Waals surface area contributed by atoms with Crippen LogP contribution in [0.5, 0.6) is 5.75 Å². The first-order chi connectivity index (χ1) is 9.11. The molecule has 2 aromatic rings. The van der Waals surface area contributed by atoms with Gasteiger partial charge in [0.2, 0.25) is 0 Å². The summed E-state index contributed by atoms with van der Waals surface area (Å²) in [5, 5.41) is 4.09. The highest BCUT2D eigenvalue weighted by atomic mass is 79.9. The summed E-state index contributed by atoms with van der Waals surface area (Å²) < 4.78 is 21.0. The van der Waals surface area contributed by atoms with Crippen LogP contribution in [-0.4, -0.2) is 14.8 Å². The average molecular weight is 329 g/mol. The maximum absolute atomic E-state index is 13.4. The van der Waals surface area contributed by atoms with Crippen LogP contribution in [0.25, 0.3) is 0 Å². The molecule has 102 valence electrons. The van der Waals surface area contributed by atoms with E-state index >= 15 is 0 Å². The van der Waals surface area contributed by atoms with Gasteiger partial charge in [0.25, 0.3) is 0 Å². The van der Waals surface area contributed by atoms with Crippen LogP contribution < -0.4 is 10.5 Å². The van der Waals surface area contributed by atoms with Gasteiger partial charge in [0.1, 0.15) is 24.5 Å². The second kappa shape index (κ2) is 6.01. The zero-order valence-corrected chi connectivity index (χ0v) is 12.0. The molecule has 0 amide bonds. The highest BCUT2D eigenvalue weighted by Crippen LogP contribution is 2.28. The monoisotopic (exact) mass is 328 g/mol. The number of rotatable bonds is 5. The Balaban J connectivity index is 2.10. The van der Waals surface area contributed by atoms with Gasteiger partial charge in [-0.2, -0.15) is 5.10 Å². The number of benzene rings is 1. The van der Waals surface area contributed by atoms with Gasteiger partial charge in [-0.1, -0.05) is 6.92 Å². The summed E-state index contributed by atoms with van der Waals surface area (Å²) in [6.07, 6.45) is 2.42. The molecule has 0 aliphatic carbocycles. The van der Waals surface area contributed by atoms with Crippen LogP contribution in [0.1, 0.15) is 19.2 Å². The van der Waals surface area contributed by atoms with Gasteiger partial charge in [0, 0.05) is 12.6 Å². The maximum atomic E-state index is 13.4. The third-order valence-corrected chi connectivity index (χ3v) is 3.15. The Hall–Kier alpha value is -1.63. The number of ether oxygens (including phenoxy) is 1. The van der Waals surface area contributed by atoms with Gasteiger partial charge < -0.3 is 10.5 Å². The molecule has 2 N–H and O–H groups in total. The van der Waals surface area contributed by atoms with E-state index in [1.54, 1.807) is 4.68 Å². The fourth-order valence-corrected chi connectivity index (χ4v) is 1.97. The van der Waals surface area contributed by atoms with E-state index in [1.165, 1.54) is 18.5 Å². The predicted octanol–water partition coefficient (Wildman–Crippen LogP) is 2.75. The summed E-state index contributed by atoms with van der Waals surface area (Å²) in [5.41, 5.74) is 6.13. The largest absolute Gasteiger partial charge is 0.483 e. The number of hydrogen-bond acceptors (Lipinski definition) is 4. The summed E-state index contributed by atoms with van der Waals surface area (Å²) in [4.78, 5) is 4.10. The zero-order chi connectivity index (χ0) is 13.8. The molecule has 0 fully saturated rings. The Morgan fingerprint density at radius 3 is 3.00 bits per heavy atom. The molecule has 7 heteroatoms. The second-order valence-corrected chi connectivity index (χ2v) is 4.85. The van der Waals surface area contributed by atoms with E-state index in [1.807, 2.05) is 0 Å². The van der Waals surface area contributed by atoms with Crippen molar-refractivity contribution in [2.24, 2.45) is 0 Å². The first-order valence-corrected chi connectivity index (χ1v) is 6.65. The van der Waals surface area contributed by atoms with E-state index in [9.17, 15) is 4.39 Å². The Labute approximate surface area is 118 Å². The molecule has 0 radical (unpaired) electrons. The molecule has 0 bridgehead atoms. The molecular formula is C12H14BrFN4O. The van der Waals surface area contributed by atoms with Gasteiger partial charge in [0.15, 0.2) is 5.82 Å². The molecule has 19 heavy (non-hydrogen) atoms. The predicted molar refractivity (Wildman–Crippen MR) is 73.2 cm³/mol. The van der Waals surface area contributed by atoms with Crippen LogP contribution in [-0.2, 0) is 13.2 Å². The van der Waals surface area contributed by atoms with Crippen LogP contribution in [0.2, 0.25) is 0 Å². The lowest BCUT2D eigenvalue weighted by atomic mass is 10.3. The van der Waals surface area contributed by atoms with E-state index in [2.05, 4.69) is 32.9 Å². The van der Waals surface area contributed by atoms with Crippen molar-refractivity contribution in [2.75, 3.05) is 5.73 Å². The van der Waals surface area contributed by atoms with Gasteiger partial charge in [-0.25, -0.2) is 14.1 Å². The molecule has 5 nitrogen and oxygen atoms in total. The Kier molecular flexibility index (Phi) is 4.36. The van der Waals surface area contributed by atoms with Gasteiger partial charge in [-0.05, 0) is 28.4 Å². The lowest BCUT2D eigenvalue weighted by Crippen LogP contribution is -2.09. The number of hydrogen-bond donors (Lipinski definition) is 1. The van der Waals surface area contributed by atoms with Gasteiger partial charge in [-0.15, -0.1) is 0 Å². The summed E-state index contributed by atoms with van der Waals surface area (Å²) in [6, 6.07) is 2.72. The fraction of sp³-hybridized carbons (Fsp3) is 0.333. The molecule has 1 aromatic carbocycles. The van der Waals surface area contributed by atoms with Crippen molar-refractivity contribution >= 4 is 21.6 Å². The Morgan fingerprint density at radius 2 is 2.26 bits per heavy atom. The van der Waals surface area contributed by atoms with Crippen molar-refractivity contribution in [3.8, 4) is 5.75 Å².